The molecule has 0 saturated carbocycles. The lowest BCUT2D eigenvalue weighted by molar-refractivity contribution is -0.146. The van der Waals surface area contributed by atoms with Crippen LogP contribution in [-0.2, 0) is 25.6 Å². The standard InChI is InChI=1S/C18H17N3O5/c22-16(21-8-9-25-18(21)24)13-26-17(23)7-6-15-10-19-20(12-15)11-14-4-2-1-3-5-14/h1-7,10,12H,8-9,11,13H2/b7-6+. The van der Waals surface area contributed by atoms with Crippen LogP contribution in [-0.4, -0.2) is 52.4 Å². The predicted octanol–water partition coefficient (Wildman–Crippen LogP) is 1.47. The molecule has 1 aromatic carbocycles. The average molecular weight is 355 g/mol. The van der Waals surface area contributed by atoms with Gasteiger partial charge in [-0.25, -0.2) is 14.5 Å². The van der Waals surface area contributed by atoms with Crippen molar-refractivity contribution >= 4 is 24.0 Å². The van der Waals surface area contributed by atoms with E-state index in [0.29, 0.717) is 6.54 Å². The van der Waals surface area contributed by atoms with Crippen LogP contribution in [0.5, 0.6) is 0 Å². The van der Waals surface area contributed by atoms with Crippen molar-refractivity contribution in [3.05, 3.63) is 59.9 Å². The number of carbonyl (C=O) groups is 3. The molecule has 1 aliphatic rings. The first-order valence-corrected chi connectivity index (χ1v) is 8.00. The van der Waals surface area contributed by atoms with E-state index in [4.69, 9.17) is 4.74 Å². The van der Waals surface area contributed by atoms with Crippen molar-refractivity contribution in [1.29, 1.82) is 0 Å². The minimum Gasteiger partial charge on any atom is -0.452 e. The minimum absolute atomic E-state index is 0.158. The smallest absolute Gasteiger partial charge is 0.416 e. The molecule has 0 unspecified atom stereocenters. The number of amides is 2. The summed E-state index contributed by atoms with van der Waals surface area (Å²) in [7, 11) is 0. The molecule has 0 atom stereocenters. The second-order valence-corrected chi connectivity index (χ2v) is 5.56. The van der Waals surface area contributed by atoms with E-state index < -0.39 is 24.6 Å². The number of cyclic esters (lactones) is 1. The fourth-order valence-corrected chi connectivity index (χ4v) is 2.37. The molecule has 8 nitrogen and oxygen atoms in total. The Bertz CT molecular complexity index is 828. The van der Waals surface area contributed by atoms with E-state index in [2.05, 4.69) is 9.84 Å². The van der Waals surface area contributed by atoms with Gasteiger partial charge in [-0.05, 0) is 11.6 Å². The van der Waals surface area contributed by atoms with E-state index in [1.165, 1.54) is 6.08 Å². The van der Waals surface area contributed by atoms with Crippen LogP contribution in [0.25, 0.3) is 6.08 Å². The Labute approximate surface area is 149 Å². The van der Waals surface area contributed by atoms with Crippen molar-refractivity contribution < 1.29 is 23.9 Å². The van der Waals surface area contributed by atoms with Crippen LogP contribution in [0, 0.1) is 0 Å². The highest BCUT2D eigenvalue weighted by Gasteiger charge is 2.28. The molecule has 2 heterocycles. The number of nitrogens with zero attached hydrogens (tertiary/aromatic N) is 3. The van der Waals surface area contributed by atoms with Gasteiger partial charge in [-0.1, -0.05) is 30.3 Å². The van der Waals surface area contributed by atoms with Crippen molar-refractivity contribution in [3.8, 4) is 0 Å². The maximum Gasteiger partial charge on any atom is 0.416 e. The summed E-state index contributed by atoms with van der Waals surface area (Å²) in [6, 6.07) is 9.87. The Morgan fingerprint density at radius 2 is 2.08 bits per heavy atom. The molecule has 2 aromatic rings. The van der Waals surface area contributed by atoms with Crippen LogP contribution < -0.4 is 0 Å². The summed E-state index contributed by atoms with van der Waals surface area (Å²) < 4.78 is 11.2. The van der Waals surface area contributed by atoms with E-state index in [-0.39, 0.29) is 13.2 Å². The van der Waals surface area contributed by atoms with Gasteiger partial charge in [0.2, 0.25) is 0 Å². The monoisotopic (exact) mass is 355 g/mol. The zero-order valence-corrected chi connectivity index (χ0v) is 13.9. The summed E-state index contributed by atoms with van der Waals surface area (Å²) in [5.74, 6) is -1.29. The summed E-state index contributed by atoms with van der Waals surface area (Å²) in [4.78, 5) is 35.5. The van der Waals surface area contributed by atoms with Crippen molar-refractivity contribution in [3.63, 3.8) is 0 Å². The summed E-state index contributed by atoms with van der Waals surface area (Å²) >= 11 is 0. The summed E-state index contributed by atoms with van der Waals surface area (Å²) in [5.41, 5.74) is 1.84. The number of hydrogen-bond donors (Lipinski definition) is 0. The molecule has 0 radical (unpaired) electrons. The Hall–Kier alpha value is -3.42. The van der Waals surface area contributed by atoms with Gasteiger partial charge in [0, 0.05) is 17.8 Å². The van der Waals surface area contributed by atoms with Gasteiger partial charge >= 0.3 is 12.1 Å². The third kappa shape index (κ3) is 4.56. The van der Waals surface area contributed by atoms with Gasteiger partial charge in [0.05, 0.1) is 19.3 Å². The van der Waals surface area contributed by atoms with E-state index >= 15 is 0 Å². The highest BCUT2D eigenvalue weighted by atomic mass is 16.6. The zero-order valence-electron chi connectivity index (χ0n) is 13.9. The number of benzene rings is 1. The van der Waals surface area contributed by atoms with Gasteiger partial charge in [-0.15, -0.1) is 0 Å². The van der Waals surface area contributed by atoms with E-state index in [1.54, 1.807) is 23.2 Å². The molecule has 1 aromatic heterocycles. The number of hydrogen-bond acceptors (Lipinski definition) is 6. The Morgan fingerprint density at radius 1 is 1.27 bits per heavy atom. The molecule has 134 valence electrons. The van der Waals surface area contributed by atoms with Gasteiger partial charge in [0.25, 0.3) is 5.91 Å². The highest BCUT2D eigenvalue weighted by Crippen LogP contribution is 2.06. The quantitative estimate of drug-likeness (QED) is 0.576. The number of ether oxygens (including phenoxy) is 2. The van der Waals surface area contributed by atoms with Crippen molar-refractivity contribution in [2.24, 2.45) is 0 Å². The molecule has 1 saturated heterocycles. The van der Waals surface area contributed by atoms with Gasteiger partial charge in [0.1, 0.15) is 6.61 Å². The number of aromatic nitrogens is 2. The van der Waals surface area contributed by atoms with Crippen molar-refractivity contribution in [1.82, 2.24) is 14.7 Å². The molecular formula is C18H17N3O5. The van der Waals surface area contributed by atoms with Gasteiger partial charge in [-0.3, -0.25) is 9.48 Å². The maximum atomic E-state index is 11.7. The fraction of sp³-hybridized carbons (Fsp3) is 0.222. The van der Waals surface area contributed by atoms with Crippen LogP contribution in [0.15, 0.2) is 48.8 Å². The number of imide groups is 1. The van der Waals surface area contributed by atoms with Crippen LogP contribution >= 0.6 is 0 Å². The van der Waals surface area contributed by atoms with Gasteiger partial charge < -0.3 is 9.47 Å². The van der Waals surface area contributed by atoms with Crippen LogP contribution in [0.1, 0.15) is 11.1 Å². The Balaban J connectivity index is 1.47. The number of esters is 1. The average Bonchev–Trinajstić information content (AvgIpc) is 3.27. The first-order chi connectivity index (χ1) is 12.6. The Kier molecular flexibility index (Phi) is 5.43. The minimum atomic E-state index is -0.715. The van der Waals surface area contributed by atoms with E-state index in [0.717, 1.165) is 16.0 Å². The third-order valence-corrected chi connectivity index (χ3v) is 3.65. The fourth-order valence-electron chi connectivity index (χ4n) is 2.37. The van der Waals surface area contributed by atoms with E-state index in [1.807, 2.05) is 30.3 Å². The first-order valence-electron chi connectivity index (χ1n) is 8.00. The second-order valence-electron chi connectivity index (χ2n) is 5.56. The molecule has 0 N–H and O–H groups in total. The molecule has 0 spiro atoms. The Morgan fingerprint density at radius 3 is 2.81 bits per heavy atom. The van der Waals surface area contributed by atoms with Crippen molar-refractivity contribution in [2.75, 3.05) is 19.8 Å². The van der Waals surface area contributed by atoms with E-state index in [9.17, 15) is 14.4 Å². The molecule has 26 heavy (non-hydrogen) atoms. The normalized spacial score (nSPS) is 13.8. The maximum absolute atomic E-state index is 11.7. The molecule has 0 aliphatic carbocycles. The van der Waals surface area contributed by atoms with Gasteiger partial charge in [-0.2, -0.15) is 5.10 Å². The number of carbonyl (C=O) groups excluding carboxylic acids is 3. The molecule has 8 heteroatoms. The van der Waals surface area contributed by atoms with Crippen LogP contribution in [0.4, 0.5) is 4.79 Å². The second kappa shape index (κ2) is 8.11. The summed E-state index contributed by atoms with van der Waals surface area (Å²) in [5, 5.41) is 4.23. The molecule has 1 fully saturated rings. The number of rotatable bonds is 6. The third-order valence-electron chi connectivity index (χ3n) is 3.65. The van der Waals surface area contributed by atoms with Gasteiger partial charge in [0.15, 0.2) is 6.61 Å². The lowest BCUT2D eigenvalue weighted by Gasteiger charge is -2.09. The van der Waals surface area contributed by atoms with Crippen LogP contribution in [0.3, 0.4) is 0 Å². The molecule has 3 rings (SSSR count). The first kappa shape index (κ1) is 17.4. The van der Waals surface area contributed by atoms with Crippen LogP contribution in [0.2, 0.25) is 0 Å². The largest absolute Gasteiger partial charge is 0.452 e. The molecular weight excluding hydrogens is 338 g/mol. The predicted molar refractivity (Wildman–Crippen MR) is 90.8 cm³/mol. The molecule has 2 amide bonds. The lowest BCUT2D eigenvalue weighted by atomic mass is 10.2. The molecule has 0 bridgehead atoms. The lowest BCUT2D eigenvalue weighted by Crippen LogP contribution is -2.35. The zero-order chi connectivity index (χ0) is 18.4. The SMILES string of the molecule is O=C(/C=C/c1cnn(Cc2ccccc2)c1)OCC(=O)N1CCOC1=O. The summed E-state index contributed by atoms with van der Waals surface area (Å²) in [6.45, 7) is 0.447. The highest BCUT2D eigenvalue weighted by molar-refractivity contribution is 5.95. The summed E-state index contributed by atoms with van der Waals surface area (Å²) in [6.07, 6.45) is 5.46. The topological polar surface area (TPSA) is 90.7 Å². The van der Waals surface area contributed by atoms with Crippen molar-refractivity contribution in [2.45, 2.75) is 6.54 Å². The molecule has 1 aliphatic heterocycles.